The summed E-state index contributed by atoms with van der Waals surface area (Å²) in [5.41, 5.74) is 3.52. The van der Waals surface area contributed by atoms with Crippen molar-refractivity contribution in [2.45, 2.75) is 25.9 Å². The molecule has 3 heterocycles. The number of allylic oxidation sites excluding steroid dienone is 1. The molecule has 0 aliphatic carbocycles. The van der Waals surface area contributed by atoms with Crippen LogP contribution in [-0.2, 0) is 20.9 Å². The van der Waals surface area contributed by atoms with E-state index in [1.165, 1.54) is 17.8 Å². The van der Waals surface area contributed by atoms with Gasteiger partial charge in [0.25, 0.3) is 0 Å². The number of aliphatic imine (C=N–C) groups is 1. The van der Waals surface area contributed by atoms with Gasteiger partial charge in [0, 0.05) is 24.6 Å². The third-order valence-electron chi connectivity index (χ3n) is 5.54. The van der Waals surface area contributed by atoms with Crippen LogP contribution < -0.4 is 10.1 Å². The normalized spacial score (nSPS) is 16.7. The second-order valence-electron chi connectivity index (χ2n) is 7.87. The number of nitrogens with zero attached hydrogens (tertiary/aromatic N) is 3. The number of esters is 1. The van der Waals surface area contributed by atoms with Crippen LogP contribution in [0, 0.1) is 0 Å². The Morgan fingerprint density at radius 2 is 2.06 bits per heavy atom. The molecular formula is C26H26N4O4S. The van der Waals surface area contributed by atoms with Crippen molar-refractivity contribution in [1.82, 2.24) is 15.2 Å². The van der Waals surface area contributed by atoms with Crippen LogP contribution in [0.5, 0.6) is 5.75 Å². The summed E-state index contributed by atoms with van der Waals surface area (Å²) in [6, 6.07) is 10.7. The first-order chi connectivity index (χ1) is 17.0. The standard InChI is InChI=1S/C26H26N4O4S/c1-4-12-34-25(32)23-17(2)29-26-30(24(23)19-6-5-7-21(13-19)33-3)20(16-35-26)14-22(31)28-15-18-8-10-27-11-9-18/h4-11,13,16,24H,1,12,14-15H2,2-3H3,(H,28,31). The van der Waals surface area contributed by atoms with Gasteiger partial charge in [-0.15, -0.1) is 0 Å². The van der Waals surface area contributed by atoms with Gasteiger partial charge in [-0.3, -0.25) is 9.78 Å². The third kappa shape index (κ3) is 5.46. The maximum absolute atomic E-state index is 13.1. The predicted molar refractivity (Wildman–Crippen MR) is 135 cm³/mol. The lowest BCUT2D eigenvalue weighted by atomic mass is 9.93. The summed E-state index contributed by atoms with van der Waals surface area (Å²) in [7, 11) is 1.59. The zero-order chi connectivity index (χ0) is 24.8. The Morgan fingerprint density at radius 1 is 1.26 bits per heavy atom. The smallest absolute Gasteiger partial charge is 0.338 e. The number of carbonyl (C=O) groups is 2. The molecule has 1 aromatic heterocycles. The Bertz CT molecular complexity index is 1220. The van der Waals surface area contributed by atoms with Crippen molar-refractivity contribution in [3.63, 3.8) is 0 Å². The number of thioether (sulfide) groups is 1. The fourth-order valence-electron chi connectivity index (χ4n) is 3.90. The highest BCUT2D eigenvalue weighted by atomic mass is 32.2. The quantitative estimate of drug-likeness (QED) is 0.418. The molecule has 4 rings (SSSR count). The largest absolute Gasteiger partial charge is 0.497 e. The summed E-state index contributed by atoms with van der Waals surface area (Å²) in [6.45, 7) is 5.91. The Labute approximate surface area is 208 Å². The van der Waals surface area contributed by atoms with E-state index in [1.54, 1.807) is 26.4 Å². The summed E-state index contributed by atoms with van der Waals surface area (Å²) in [4.78, 5) is 36.5. The van der Waals surface area contributed by atoms with Crippen LogP contribution in [0.4, 0.5) is 0 Å². The van der Waals surface area contributed by atoms with Crippen molar-refractivity contribution in [2.24, 2.45) is 4.99 Å². The van der Waals surface area contributed by atoms with Gasteiger partial charge < -0.3 is 19.7 Å². The van der Waals surface area contributed by atoms with Crippen LogP contribution in [0.15, 0.2) is 88.8 Å². The first-order valence-electron chi connectivity index (χ1n) is 11.0. The molecule has 2 aromatic rings. The van der Waals surface area contributed by atoms with Crippen LogP contribution in [0.2, 0.25) is 0 Å². The van der Waals surface area contributed by atoms with E-state index in [4.69, 9.17) is 9.47 Å². The van der Waals surface area contributed by atoms with E-state index in [9.17, 15) is 9.59 Å². The van der Waals surface area contributed by atoms with Crippen molar-refractivity contribution in [2.75, 3.05) is 13.7 Å². The molecule has 2 aliphatic heterocycles. The number of carbonyl (C=O) groups excluding carboxylic acids is 2. The second kappa shape index (κ2) is 11.1. The first kappa shape index (κ1) is 24.3. The number of fused-ring (bicyclic) bond motifs is 1. The van der Waals surface area contributed by atoms with Crippen LogP contribution in [-0.4, -0.2) is 40.6 Å². The average Bonchev–Trinajstić information content (AvgIpc) is 3.27. The maximum Gasteiger partial charge on any atom is 0.338 e. The highest BCUT2D eigenvalue weighted by Gasteiger charge is 2.41. The van der Waals surface area contributed by atoms with Crippen LogP contribution in [0.3, 0.4) is 0 Å². The van der Waals surface area contributed by atoms with Crippen molar-refractivity contribution < 1.29 is 19.1 Å². The Hall–Kier alpha value is -3.85. The maximum atomic E-state index is 13.1. The van der Waals surface area contributed by atoms with Gasteiger partial charge in [-0.25, -0.2) is 9.79 Å². The first-order valence-corrected chi connectivity index (χ1v) is 11.9. The van der Waals surface area contributed by atoms with E-state index < -0.39 is 12.0 Å². The summed E-state index contributed by atoms with van der Waals surface area (Å²) >= 11 is 1.43. The molecule has 0 fully saturated rings. The molecular weight excluding hydrogens is 464 g/mol. The SMILES string of the molecule is C=CCOC(=O)C1=C(C)N=C2SC=C(CC(=O)NCc3ccncc3)N2C1c1cccc(OC)c1. The molecule has 1 amide bonds. The minimum Gasteiger partial charge on any atom is -0.497 e. The number of ether oxygens (including phenoxy) is 2. The number of nitrogens with one attached hydrogen (secondary N) is 1. The number of amidine groups is 1. The number of benzene rings is 1. The monoisotopic (exact) mass is 490 g/mol. The lowest BCUT2D eigenvalue weighted by Gasteiger charge is -2.36. The van der Waals surface area contributed by atoms with Gasteiger partial charge >= 0.3 is 5.97 Å². The van der Waals surface area contributed by atoms with E-state index in [-0.39, 0.29) is 18.9 Å². The zero-order valence-electron chi connectivity index (χ0n) is 19.6. The fraction of sp³-hybridized carbons (Fsp3) is 0.231. The van der Waals surface area contributed by atoms with Gasteiger partial charge in [0.2, 0.25) is 5.91 Å². The minimum absolute atomic E-state index is 0.0892. The summed E-state index contributed by atoms with van der Waals surface area (Å²) in [5, 5.41) is 5.55. The summed E-state index contributed by atoms with van der Waals surface area (Å²) in [6.07, 6.45) is 5.03. The number of hydrogen-bond acceptors (Lipinski definition) is 8. The second-order valence-corrected chi connectivity index (χ2v) is 8.70. The molecule has 35 heavy (non-hydrogen) atoms. The van der Waals surface area contributed by atoms with Crippen molar-refractivity contribution in [3.05, 3.63) is 94.9 Å². The van der Waals surface area contributed by atoms with E-state index in [1.807, 2.05) is 46.7 Å². The van der Waals surface area contributed by atoms with Gasteiger partial charge in [0.05, 0.1) is 30.8 Å². The van der Waals surface area contributed by atoms with E-state index >= 15 is 0 Å². The molecule has 1 atom stereocenters. The van der Waals surface area contributed by atoms with Gasteiger partial charge in [-0.2, -0.15) is 0 Å². The number of aromatic nitrogens is 1. The Balaban J connectivity index is 1.63. The van der Waals surface area contributed by atoms with Crippen LogP contribution in [0.1, 0.15) is 30.5 Å². The van der Waals surface area contributed by atoms with E-state index in [2.05, 4.69) is 21.9 Å². The molecule has 1 N–H and O–H groups in total. The number of amides is 1. The molecule has 0 radical (unpaired) electrons. The van der Waals surface area contributed by atoms with Gasteiger partial charge in [-0.05, 0) is 47.7 Å². The van der Waals surface area contributed by atoms with Gasteiger partial charge in [0.1, 0.15) is 12.4 Å². The molecule has 180 valence electrons. The van der Waals surface area contributed by atoms with E-state index in [0.717, 1.165) is 16.8 Å². The van der Waals surface area contributed by atoms with Gasteiger partial charge in [-0.1, -0.05) is 36.5 Å². The number of methoxy groups -OCH3 is 1. The molecule has 8 nitrogen and oxygen atoms in total. The van der Waals surface area contributed by atoms with Crippen molar-refractivity contribution in [3.8, 4) is 5.75 Å². The molecule has 0 saturated carbocycles. The van der Waals surface area contributed by atoms with E-state index in [0.29, 0.717) is 28.7 Å². The van der Waals surface area contributed by atoms with Crippen molar-refractivity contribution >= 4 is 28.8 Å². The van der Waals surface area contributed by atoms with Crippen LogP contribution in [0.25, 0.3) is 0 Å². The Morgan fingerprint density at radius 3 is 2.80 bits per heavy atom. The summed E-state index contributed by atoms with van der Waals surface area (Å²) < 4.78 is 10.8. The number of rotatable bonds is 9. The third-order valence-corrected chi connectivity index (χ3v) is 6.43. The Kier molecular flexibility index (Phi) is 7.67. The number of hydrogen-bond donors (Lipinski definition) is 1. The summed E-state index contributed by atoms with van der Waals surface area (Å²) in [5.74, 6) is 0.0493. The lowest BCUT2D eigenvalue weighted by molar-refractivity contribution is -0.138. The molecule has 9 heteroatoms. The molecule has 0 spiro atoms. The van der Waals surface area contributed by atoms with Crippen molar-refractivity contribution in [1.29, 1.82) is 0 Å². The number of pyridine rings is 1. The molecule has 0 bridgehead atoms. The highest BCUT2D eigenvalue weighted by Crippen LogP contribution is 2.45. The fourth-order valence-corrected chi connectivity index (χ4v) is 4.86. The van der Waals surface area contributed by atoms with Gasteiger partial charge in [0.15, 0.2) is 5.17 Å². The van der Waals surface area contributed by atoms with Crippen LogP contribution >= 0.6 is 11.8 Å². The molecule has 1 unspecified atom stereocenters. The minimum atomic E-state index is -0.524. The topological polar surface area (TPSA) is 93.1 Å². The molecule has 0 saturated heterocycles. The molecule has 1 aromatic carbocycles. The predicted octanol–water partition coefficient (Wildman–Crippen LogP) is 4.10. The lowest BCUT2D eigenvalue weighted by Crippen LogP contribution is -2.38. The molecule has 2 aliphatic rings. The highest BCUT2D eigenvalue weighted by molar-refractivity contribution is 8.16. The zero-order valence-corrected chi connectivity index (χ0v) is 20.4. The average molecular weight is 491 g/mol.